The van der Waals surface area contributed by atoms with E-state index in [2.05, 4.69) is 10.1 Å². The predicted octanol–water partition coefficient (Wildman–Crippen LogP) is 1.56. The monoisotopic (exact) mass is 279 g/mol. The van der Waals surface area contributed by atoms with E-state index in [4.69, 9.17) is 14.4 Å². The third-order valence-corrected chi connectivity index (χ3v) is 2.33. The van der Waals surface area contributed by atoms with Crippen molar-refractivity contribution in [3.05, 3.63) is 45.6 Å². The molecule has 104 valence electrons. The lowest BCUT2D eigenvalue weighted by molar-refractivity contribution is -0.385. The highest BCUT2D eigenvalue weighted by Crippen LogP contribution is 2.24. The van der Waals surface area contributed by atoms with Crippen molar-refractivity contribution in [3.63, 3.8) is 0 Å². The lowest BCUT2D eigenvalue weighted by atomic mass is 10.1. The topological polar surface area (TPSA) is 129 Å². The molecule has 20 heavy (non-hydrogen) atoms. The van der Waals surface area contributed by atoms with Gasteiger partial charge < -0.3 is 14.4 Å². The predicted molar refractivity (Wildman–Crippen MR) is 63.4 cm³/mol. The number of carbonyl (C=O) groups is 1. The summed E-state index contributed by atoms with van der Waals surface area (Å²) in [4.78, 5) is 24.8. The molecular formula is C11H9N3O6. The molecule has 1 aromatic heterocycles. The van der Waals surface area contributed by atoms with Crippen molar-refractivity contribution in [1.82, 2.24) is 10.1 Å². The Bertz CT molecular complexity index is 666. The molecule has 0 aliphatic heterocycles. The van der Waals surface area contributed by atoms with E-state index in [0.29, 0.717) is 5.89 Å². The third-order valence-electron chi connectivity index (χ3n) is 2.33. The van der Waals surface area contributed by atoms with Gasteiger partial charge in [0.05, 0.1) is 4.92 Å². The molecule has 9 heteroatoms. The van der Waals surface area contributed by atoms with Gasteiger partial charge in [-0.1, -0.05) is 5.16 Å². The first kappa shape index (κ1) is 13.5. The molecule has 0 saturated heterocycles. The summed E-state index contributed by atoms with van der Waals surface area (Å²) >= 11 is 0. The Morgan fingerprint density at radius 2 is 2.30 bits per heavy atom. The van der Waals surface area contributed by atoms with Gasteiger partial charge in [-0.05, 0) is 6.07 Å². The number of hydrogen-bond donors (Lipinski definition) is 1. The van der Waals surface area contributed by atoms with Crippen LogP contribution in [0.25, 0.3) is 0 Å². The number of carboxylic acids is 1. The van der Waals surface area contributed by atoms with Gasteiger partial charge in [-0.15, -0.1) is 0 Å². The van der Waals surface area contributed by atoms with E-state index < -0.39 is 22.1 Å². The van der Waals surface area contributed by atoms with Crippen LogP contribution >= 0.6 is 0 Å². The van der Waals surface area contributed by atoms with Gasteiger partial charge >= 0.3 is 5.97 Å². The molecule has 0 saturated carbocycles. The second-order valence-electron chi connectivity index (χ2n) is 3.76. The highest BCUT2D eigenvalue weighted by molar-refractivity contribution is 5.92. The van der Waals surface area contributed by atoms with Crippen LogP contribution in [0.4, 0.5) is 5.69 Å². The van der Waals surface area contributed by atoms with Crippen LogP contribution in [0.1, 0.15) is 22.1 Å². The van der Waals surface area contributed by atoms with Crippen LogP contribution in [0.3, 0.4) is 0 Å². The van der Waals surface area contributed by atoms with E-state index in [9.17, 15) is 14.9 Å². The first-order valence-electron chi connectivity index (χ1n) is 5.41. The number of rotatable bonds is 5. The Balaban J connectivity index is 2.18. The summed E-state index contributed by atoms with van der Waals surface area (Å²) in [6.45, 7) is 1.58. The van der Waals surface area contributed by atoms with Crippen LogP contribution in [0.15, 0.2) is 22.7 Å². The Hall–Kier alpha value is -2.97. The van der Waals surface area contributed by atoms with E-state index in [1.54, 1.807) is 6.92 Å². The molecular weight excluding hydrogens is 270 g/mol. The zero-order valence-electron chi connectivity index (χ0n) is 10.3. The van der Waals surface area contributed by atoms with Crippen LogP contribution in [0.2, 0.25) is 0 Å². The average molecular weight is 279 g/mol. The maximum atomic E-state index is 11.0. The number of nitrogens with zero attached hydrogens (tertiary/aromatic N) is 3. The van der Waals surface area contributed by atoms with Crippen LogP contribution in [0, 0.1) is 17.0 Å². The molecule has 0 atom stereocenters. The number of hydrogen-bond acceptors (Lipinski definition) is 7. The summed E-state index contributed by atoms with van der Waals surface area (Å²) in [5.41, 5.74) is -0.947. The van der Waals surface area contributed by atoms with Crippen molar-refractivity contribution >= 4 is 11.7 Å². The summed E-state index contributed by atoms with van der Waals surface area (Å²) in [6, 6.07) is 3.45. The number of benzene rings is 1. The molecule has 2 aromatic rings. The zero-order chi connectivity index (χ0) is 14.7. The average Bonchev–Trinajstić information content (AvgIpc) is 2.81. The normalized spacial score (nSPS) is 10.2. The van der Waals surface area contributed by atoms with Gasteiger partial charge in [-0.2, -0.15) is 4.98 Å². The van der Waals surface area contributed by atoms with Crippen LogP contribution in [0.5, 0.6) is 5.75 Å². The van der Waals surface area contributed by atoms with E-state index >= 15 is 0 Å². The molecule has 0 aliphatic carbocycles. The second-order valence-corrected chi connectivity index (χ2v) is 3.76. The van der Waals surface area contributed by atoms with Gasteiger partial charge in [-0.25, -0.2) is 4.79 Å². The fourth-order valence-corrected chi connectivity index (χ4v) is 1.48. The van der Waals surface area contributed by atoms with E-state index in [1.807, 2.05) is 0 Å². The number of aromatic nitrogens is 2. The number of aromatic carboxylic acids is 1. The number of nitro groups is 1. The third kappa shape index (κ3) is 2.88. The van der Waals surface area contributed by atoms with Crippen molar-refractivity contribution in [3.8, 4) is 5.75 Å². The first-order chi connectivity index (χ1) is 9.47. The lowest BCUT2D eigenvalue weighted by Gasteiger charge is -2.04. The van der Waals surface area contributed by atoms with Gasteiger partial charge in [0, 0.05) is 19.1 Å². The summed E-state index contributed by atoms with van der Waals surface area (Å²) in [5, 5.41) is 23.2. The molecule has 0 spiro atoms. The molecule has 0 amide bonds. The van der Waals surface area contributed by atoms with Gasteiger partial charge in [0.25, 0.3) is 5.69 Å². The van der Waals surface area contributed by atoms with Crippen molar-refractivity contribution in [1.29, 1.82) is 0 Å². The molecule has 1 heterocycles. The molecule has 1 aromatic carbocycles. The summed E-state index contributed by atoms with van der Waals surface area (Å²) < 4.78 is 10.0. The first-order valence-corrected chi connectivity index (χ1v) is 5.41. The minimum atomic E-state index is -1.41. The Labute approximate surface area is 111 Å². The highest BCUT2D eigenvalue weighted by Gasteiger charge is 2.20. The molecule has 2 rings (SSSR count). The molecule has 9 nitrogen and oxygen atoms in total. The van der Waals surface area contributed by atoms with Crippen LogP contribution in [-0.2, 0) is 6.61 Å². The maximum Gasteiger partial charge on any atom is 0.342 e. The summed E-state index contributed by atoms with van der Waals surface area (Å²) in [7, 11) is 0. The van der Waals surface area contributed by atoms with Crippen molar-refractivity contribution in [2.24, 2.45) is 0 Å². The van der Waals surface area contributed by atoms with E-state index in [0.717, 1.165) is 12.1 Å². The van der Waals surface area contributed by atoms with E-state index in [-0.39, 0.29) is 18.2 Å². The standard InChI is InChI=1S/C11H9N3O6/c1-6-12-10(13-20-6)5-19-7-2-3-9(14(17)18)8(4-7)11(15)16/h2-4H,5H2,1H3,(H,15,16). The molecule has 0 radical (unpaired) electrons. The van der Waals surface area contributed by atoms with E-state index in [1.165, 1.54) is 6.07 Å². The largest absolute Gasteiger partial charge is 0.485 e. The quantitative estimate of drug-likeness (QED) is 0.644. The lowest BCUT2D eigenvalue weighted by Crippen LogP contribution is -2.04. The summed E-state index contributed by atoms with van der Waals surface area (Å²) in [6.07, 6.45) is 0. The van der Waals surface area contributed by atoms with Gasteiger partial charge in [-0.3, -0.25) is 10.1 Å². The Kier molecular flexibility index (Phi) is 3.60. The van der Waals surface area contributed by atoms with Gasteiger partial charge in [0.1, 0.15) is 11.3 Å². The molecule has 0 aliphatic rings. The maximum absolute atomic E-state index is 11.0. The van der Waals surface area contributed by atoms with Crippen LogP contribution < -0.4 is 4.74 Å². The summed E-state index contributed by atoms with van der Waals surface area (Å²) in [5.74, 6) is -0.579. The fraction of sp³-hybridized carbons (Fsp3) is 0.182. The van der Waals surface area contributed by atoms with Gasteiger partial charge in [0.2, 0.25) is 11.7 Å². The number of carboxylic acid groups (broad SMARTS) is 1. The Morgan fingerprint density at radius 1 is 1.55 bits per heavy atom. The minimum Gasteiger partial charge on any atom is -0.485 e. The highest BCUT2D eigenvalue weighted by atomic mass is 16.6. The second kappa shape index (κ2) is 5.34. The smallest absolute Gasteiger partial charge is 0.342 e. The SMILES string of the molecule is Cc1nc(COc2ccc([N+](=O)[O-])c(C(=O)O)c2)no1. The molecule has 0 bridgehead atoms. The number of ether oxygens (including phenoxy) is 1. The molecule has 0 fully saturated rings. The number of nitro benzene ring substituents is 1. The molecule has 0 unspecified atom stereocenters. The fourth-order valence-electron chi connectivity index (χ4n) is 1.48. The number of aryl methyl sites for hydroxylation is 1. The molecule has 1 N–H and O–H groups in total. The Morgan fingerprint density at radius 3 is 2.85 bits per heavy atom. The van der Waals surface area contributed by atoms with Crippen LogP contribution in [-0.4, -0.2) is 26.1 Å². The van der Waals surface area contributed by atoms with Crippen molar-refractivity contribution in [2.45, 2.75) is 13.5 Å². The zero-order valence-corrected chi connectivity index (χ0v) is 10.3. The van der Waals surface area contributed by atoms with Crippen molar-refractivity contribution < 1.29 is 24.1 Å². The van der Waals surface area contributed by atoms with Crippen molar-refractivity contribution in [2.75, 3.05) is 0 Å². The van der Waals surface area contributed by atoms with Gasteiger partial charge in [0.15, 0.2) is 6.61 Å². The minimum absolute atomic E-state index is 0.0335.